The summed E-state index contributed by atoms with van der Waals surface area (Å²) in [5.41, 5.74) is 1.39. The average molecular weight is 393 g/mol. The minimum Gasteiger partial charge on any atom is -0.460 e. The molecule has 0 aliphatic rings. The Bertz CT molecular complexity index is 751. The molecule has 0 bridgehead atoms. The van der Waals surface area contributed by atoms with Crippen molar-refractivity contribution in [2.75, 3.05) is 0 Å². The second-order valence-electron chi connectivity index (χ2n) is 7.27. The molecule has 3 atom stereocenters. The van der Waals surface area contributed by atoms with Gasteiger partial charge in [-0.25, -0.2) is 0 Å². The van der Waals surface area contributed by atoms with E-state index < -0.39 is 27.0 Å². The number of carbonyl (C=O) groups excluding carboxylic acids is 1. The van der Waals surface area contributed by atoms with Crippen molar-refractivity contribution >= 4 is 28.4 Å². The lowest BCUT2D eigenvalue weighted by molar-refractivity contribution is -0.155. The summed E-state index contributed by atoms with van der Waals surface area (Å²) in [6, 6.07) is 16.9. The van der Waals surface area contributed by atoms with E-state index in [4.69, 9.17) is 16.3 Å². The molecule has 0 amide bonds. The lowest BCUT2D eigenvalue weighted by atomic mass is 9.97. The number of hydrogen-bond donors (Lipinski definition) is 0. The number of benzene rings is 2. The topological polar surface area (TPSA) is 43.4 Å². The molecule has 5 heteroatoms. The molecular weight excluding hydrogens is 368 g/mol. The SMILES string of the molecule is Cc1ccc(S(=O)C(Cl)C(CC(=O)OC(C)(C)C)c2ccccc2)cc1. The Morgan fingerprint density at radius 2 is 1.65 bits per heavy atom. The maximum atomic E-state index is 13.0. The van der Waals surface area contributed by atoms with Crippen molar-refractivity contribution in [1.29, 1.82) is 0 Å². The number of aryl methyl sites for hydroxylation is 1. The summed E-state index contributed by atoms with van der Waals surface area (Å²) in [7, 11) is -1.45. The lowest BCUT2D eigenvalue weighted by Gasteiger charge is -2.25. The monoisotopic (exact) mass is 392 g/mol. The Morgan fingerprint density at radius 3 is 2.19 bits per heavy atom. The van der Waals surface area contributed by atoms with Crippen molar-refractivity contribution in [3.05, 3.63) is 65.7 Å². The first kappa shape index (κ1) is 20.7. The van der Waals surface area contributed by atoms with Crippen LogP contribution in [-0.4, -0.2) is 20.5 Å². The predicted octanol–water partition coefficient (Wildman–Crippen LogP) is 5.18. The lowest BCUT2D eigenvalue weighted by Crippen LogP contribution is -2.28. The smallest absolute Gasteiger partial charge is 0.307 e. The minimum atomic E-state index is -1.45. The van der Waals surface area contributed by atoms with Gasteiger partial charge in [-0.3, -0.25) is 9.00 Å². The van der Waals surface area contributed by atoms with E-state index in [9.17, 15) is 9.00 Å². The van der Waals surface area contributed by atoms with Gasteiger partial charge in [-0.15, -0.1) is 11.6 Å². The maximum absolute atomic E-state index is 13.0. The molecule has 2 aromatic rings. The highest BCUT2D eigenvalue weighted by Gasteiger charge is 2.31. The molecule has 140 valence electrons. The van der Waals surface area contributed by atoms with E-state index in [1.807, 2.05) is 82.3 Å². The number of ether oxygens (including phenoxy) is 1. The second-order valence-corrected chi connectivity index (χ2v) is 9.57. The highest BCUT2D eigenvalue weighted by Crippen LogP contribution is 2.33. The van der Waals surface area contributed by atoms with Gasteiger partial charge < -0.3 is 4.74 Å². The molecule has 0 radical (unpaired) electrons. The Labute approximate surface area is 163 Å². The highest BCUT2D eigenvalue weighted by molar-refractivity contribution is 7.87. The van der Waals surface area contributed by atoms with Crippen LogP contribution in [0.5, 0.6) is 0 Å². The number of esters is 1. The number of alkyl halides is 1. The first-order valence-corrected chi connectivity index (χ1v) is 10.2. The molecule has 2 rings (SSSR count). The summed E-state index contributed by atoms with van der Waals surface area (Å²) in [6.45, 7) is 7.45. The molecule has 0 saturated heterocycles. The summed E-state index contributed by atoms with van der Waals surface area (Å²) in [6.07, 6.45) is 0.0764. The van der Waals surface area contributed by atoms with Crippen LogP contribution >= 0.6 is 11.6 Å². The van der Waals surface area contributed by atoms with Crippen molar-refractivity contribution in [2.45, 2.75) is 55.2 Å². The molecule has 0 aliphatic carbocycles. The maximum Gasteiger partial charge on any atom is 0.307 e. The number of halogens is 1. The Morgan fingerprint density at radius 1 is 1.08 bits per heavy atom. The van der Waals surface area contributed by atoms with Gasteiger partial charge in [0.05, 0.1) is 17.2 Å². The molecule has 0 aromatic heterocycles. The van der Waals surface area contributed by atoms with Gasteiger partial charge in [0, 0.05) is 10.8 Å². The van der Waals surface area contributed by atoms with Gasteiger partial charge in [0.1, 0.15) is 10.3 Å². The number of hydrogen-bond acceptors (Lipinski definition) is 3. The van der Waals surface area contributed by atoms with Crippen LogP contribution in [0, 0.1) is 6.92 Å². The third-order valence-electron chi connectivity index (χ3n) is 3.81. The fourth-order valence-electron chi connectivity index (χ4n) is 2.58. The van der Waals surface area contributed by atoms with Gasteiger partial charge in [0.25, 0.3) is 0 Å². The van der Waals surface area contributed by atoms with E-state index in [1.165, 1.54) is 0 Å². The van der Waals surface area contributed by atoms with Crippen LogP contribution in [0.2, 0.25) is 0 Å². The van der Waals surface area contributed by atoms with Crippen LogP contribution in [-0.2, 0) is 20.3 Å². The van der Waals surface area contributed by atoms with Crippen LogP contribution in [0.15, 0.2) is 59.5 Å². The third-order valence-corrected chi connectivity index (χ3v) is 6.07. The molecule has 3 nitrogen and oxygen atoms in total. The number of rotatable bonds is 6. The van der Waals surface area contributed by atoms with Crippen molar-refractivity contribution in [1.82, 2.24) is 0 Å². The summed E-state index contributed by atoms with van der Waals surface area (Å²) < 4.78 is 17.7. The van der Waals surface area contributed by atoms with Crippen LogP contribution in [0.3, 0.4) is 0 Å². The summed E-state index contributed by atoms with van der Waals surface area (Å²) in [5, 5.41) is 0. The zero-order chi connectivity index (χ0) is 19.3. The summed E-state index contributed by atoms with van der Waals surface area (Å²) in [4.78, 5) is 13.0. The average Bonchev–Trinajstić information content (AvgIpc) is 2.58. The van der Waals surface area contributed by atoms with E-state index in [2.05, 4.69) is 0 Å². The van der Waals surface area contributed by atoms with Gasteiger partial charge in [0.2, 0.25) is 0 Å². The molecule has 0 N–H and O–H groups in total. The van der Waals surface area contributed by atoms with Gasteiger partial charge in [-0.1, -0.05) is 48.0 Å². The van der Waals surface area contributed by atoms with Crippen LogP contribution in [0.4, 0.5) is 0 Å². The molecule has 0 spiro atoms. The first-order valence-electron chi connectivity index (χ1n) is 8.55. The van der Waals surface area contributed by atoms with E-state index in [1.54, 1.807) is 0 Å². The fourth-order valence-corrected chi connectivity index (χ4v) is 4.34. The van der Waals surface area contributed by atoms with E-state index in [-0.39, 0.29) is 12.4 Å². The third kappa shape index (κ3) is 5.96. The van der Waals surface area contributed by atoms with Crippen molar-refractivity contribution in [3.8, 4) is 0 Å². The van der Waals surface area contributed by atoms with Gasteiger partial charge in [-0.2, -0.15) is 0 Å². The molecule has 0 aliphatic heterocycles. The molecule has 0 saturated carbocycles. The van der Waals surface area contributed by atoms with E-state index in [0.29, 0.717) is 4.90 Å². The normalized spacial score (nSPS) is 15.1. The summed E-state index contributed by atoms with van der Waals surface area (Å²) in [5.74, 6) is -0.757. The summed E-state index contributed by atoms with van der Waals surface area (Å²) >= 11 is 6.61. The Hall–Kier alpha value is -1.65. The van der Waals surface area contributed by atoms with Crippen molar-refractivity contribution in [2.24, 2.45) is 0 Å². The van der Waals surface area contributed by atoms with Crippen LogP contribution in [0.25, 0.3) is 0 Å². The molecule has 2 aromatic carbocycles. The van der Waals surface area contributed by atoms with E-state index >= 15 is 0 Å². The molecule has 0 heterocycles. The fraction of sp³-hybridized carbons (Fsp3) is 0.381. The molecule has 26 heavy (non-hydrogen) atoms. The van der Waals surface area contributed by atoms with Crippen LogP contribution in [0.1, 0.15) is 44.2 Å². The van der Waals surface area contributed by atoms with Gasteiger partial charge >= 0.3 is 5.97 Å². The zero-order valence-electron chi connectivity index (χ0n) is 15.6. The second kappa shape index (κ2) is 8.83. The van der Waals surface area contributed by atoms with Gasteiger partial charge in [0.15, 0.2) is 0 Å². The zero-order valence-corrected chi connectivity index (χ0v) is 17.1. The quantitative estimate of drug-likeness (QED) is 0.502. The first-order chi connectivity index (χ1) is 12.2. The largest absolute Gasteiger partial charge is 0.460 e. The minimum absolute atomic E-state index is 0.0764. The van der Waals surface area contributed by atoms with Gasteiger partial charge in [-0.05, 0) is 45.4 Å². The Kier molecular flexibility index (Phi) is 7.01. The van der Waals surface area contributed by atoms with Crippen molar-refractivity contribution in [3.63, 3.8) is 0 Å². The Balaban J connectivity index is 2.26. The highest BCUT2D eigenvalue weighted by atomic mass is 35.5. The van der Waals surface area contributed by atoms with Crippen molar-refractivity contribution < 1.29 is 13.7 Å². The van der Waals surface area contributed by atoms with Crippen LogP contribution < -0.4 is 0 Å². The molecule has 3 unspecified atom stereocenters. The number of carbonyl (C=O) groups is 1. The predicted molar refractivity (Wildman–Crippen MR) is 107 cm³/mol. The molecule has 0 fully saturated rings. The standard InChI is InChI=1S/C21H25ClO3S/c1-15-10-12-17(13-11-15)26(24)20(22)18(16-8-6-5-7-9-16)14-19(23)25-21(2,3)4/h5-13,18,20H,14H2,1-4H3. The molecular formula is C21H25ClO3S. The van der Waals surface area contributed by atoms with E-state index in [0.717, 1.165) is 11.1 Å².